The van der Waals surface area contributed by atoms with Crippen LogP contribution in [0.3, 0.4) is 0 Å². The highest BCUT2D eigenvalue weighted by atomic mass is 79.9. The molecular weight excluding hydrogens is 338 g/mol. The van der Waals surface area contributed by atoms with Crippen molar-refractivity contribution in [2.45, 2.75) is 17.7 Å². The van der Waals surface area contributed by atoms with Gasteiger partial charge in [-0.05, 0) is 39.5 Å². The van der Waals surface area contributed by atoms with Gasteiger partial charge in [-0.2, -0.15) is 0 Å². The van der Waals surface area contributed by atoms with Crippen LogP contribution >= 0.6 is 15.9 Å². The summed E-state index contributed by atoms with van der Waals surface area (Å²) in [4.78, 5) is 0.264. The molecule has 1 N–H and O–H groups in total. The predicted molar refractivity (Wildman–Crippen MR) is 84.2 cm³/mol. The lowest BCUT2D eigenvalue weighted by molar-refractivity contribution is 0.574. The second kappa shape index (κ2) is 6.52. The van der Waals surface area contributed by atoms with Crippen LogP contribution in [0.2, 0.25) is 0 Å². The Labute approximate surface area is 128 Å². The molecule has 1 atom stereocenters. The minimum Gasteiger partial charge on any atom is -0.211 e. The molecule has 0 unspecified atom stereocenters. The van der Waals surface area contributed by atoms with E-state index in [1.54, 1.807) is 24.3 Å². The van der Waals surface area contributed by atoms with Gasteiger partial charge < -0.3 is 0 Å². The average Bonchev–Trinajstić information content (AvgIpc) is 2.46. The third kappa shape index (κ3) is 3.69. The summed E-state index contributed by atoms with van der Waals surface area (Å²) in [6.45, 7) is 2.37. The second-order valence-corrected chi connectivity index (χ2v) is 7.18. The normalized spacial score (nSPS) is 13.1. The first-order valence-corrected chi connectivity index (χ1v) is 8.57. The van der Waals surface area contributed by atoms with Crippen LogP contribution in [0.15, 0.2) is 64.0 Å². The molecule has 0 fully saturated rings. The van der Waals surface area contributed by atoms with Gasteiger partial charge in [0.25, 0.3) is 0 Å². The highest BCUT2D eigenvalue weighted by Crippen LogP contribution is 2.21. The summed E-state index contributed by atoms with van der Waals surface area (Å²) in [6, 6.07) is 16.6. The lowest BCUT2D eigenvalue weighted by Gasteiger charge is -2.14. The van der Waals surface area contributed by atoms with Crippen molar-refractivity contribution in [3.05, 3.63) is 64.6 Å². The van der Waals surface area contributed by atoms with Crippen LogP contribution in [0.4, 0.5) is 0 Å². The van der Waals surface area contributed by atoms with Crippen LogP contribution in [0.1, 0.15) is 18.4 Å². The molecule has 0 heterocycles. The van der Waals surface area contributed by atoms with Crippen LogP contribution in [-0.2, 0) is 10.0 Å². The Hall–Kier alpha value is -1.17. The number of rotatable bonds is 5. The fourth-order valence-corrected chi connectivity index (χ4v) is 4.01. The lowest BCUT2D eigenvalue weighted by Crippen LogP contribution is -2.28. The molecule has 0 radical (unpaired) electrons. The van der Waals surface area contributed by atoms with E-state index in [0.717, 1.165) is 5.56 Å². The Morgan fingerprint density at radius 1 is 1.05 bits per heavy atom. The predicted octanol–water partition coefficient (Wildman–Crippen LogP) is 3.53. The fourth-order valence-electron chi connectivity index (χ4n) is 1.87. The number of hydrogen-bond donors (Lipinski definition) is 1. The Kier molecular flexibility index (Phi) is 4.96. The first kappa shape index (κ1) is 15.2. The summed E-state index contributed by atoms with van der Waals surface area (Å²) >= 11 is 3.26. The molecule has 0 aliphatic heterocycles. The van der Waals surface area contributed by atoms with Gasteiger partial charge in [-0.3, -0.25) is 0 Å². The smallest absolute Gasteiger partial charge is 0.211 e. The van der Waals surface area contributed by atoms with Gasteiger partial charge in [-0.1, -0.05) is 49.4 Å². The molecule has 0 amide bonds. The molecule has 0 saturated carbocycles. The molecule has 0 aliphatic rings. The van der Waals surface area contributed by atoms with E-state index in [2.05, 4.69) is 20.7 Å². The largest absolute Gasteiger partial charge is 0.241 e. The Morgan fingerprint density at radius 2 is 1.65 bits per heavy atom. The fraction of sp³-hybridized carbons (Fsp3) is 0.200. The van der Waals surface area contributed by atoms with E-state index in [1.165, 1.54) is 0 Å². The van der Waals surface area contributed by atoms with Gasteiger partial charge in [0.05, 0.1) is 4.90 Å². The van der Waals surface area contributed by atoms with Gasteiger partial charge >= 0.3 is 0 Å². The van der Waals surface area contributed by atoms with Crippen LogP contribution < -0.4 is 4.72 Å². The van der Waals surface area contributed by atoms with E-state index in [1.807, 2.05) is 37.3 Å². The zero-order valence-corrected chi connectivity index (χ0v) is 13.5. The molecule has 5 heteroatoms. The lowest BCUT2D eigenvalue weighted by atomic mass is 10.0. The third-order valence-electron chi connectivity index (χ3n) is 3.07. The maximum atomic E-state index is 12.2. The van der Waals surface area contributed by atoms with E-state index >= 15 is 0 Å². The third-order valence-corrected chi connectivity index (χ3v) is 5.51. The van der Waals surface area contributed by atoms with Crippen LogP contribution in [0.25, 0.3) is 0 Å². The van der Waals surface area contributed by atoms with Crippen molar-refractivity contribution >= 4 is 26.0 Å². The van der Waals surface area contributed by atoms with Crippen molar-refractivity contribution in [3.8, 4) is 0 Å². The molecule has 3 nitrogen and oxygen atoms in total. The zero-order chi connectivity index (χ0) is 14.6. The number of nitrogens with one attached hydrogen (secondary N) is 1. The molecule has 0 aliphatic carbocycles. The zero-order valence-electron chi connectivity index (χ0n) is 11.1. The first-order valence-electron chi connectivity index (χ1n) is 6.30. The molecular formula is C15H16BrNO2S. The SMILES string of the molecule is C[C@@H](CNS(=O)(=O)c1ccccc1Br)c1ccccc1. The van der Waals surface area contributed by atoms with E-state index in [0.29, 0.717) is 11.0 Å². The van der Waals surface area contributed by atoms with Crippen LogP contribution in [0.5, 0.6) is 0 Å². The molecule has 20 heavy (non-hydrogen) atoms. The van der Waals surface area contributed by atoms with Crippen LogP contribution in [0, 0.1) is 0 Å². The van der Waals surface area contributed by atoms with Gasteiger partial charge in [0.2, 0.25) is 10.0 Å². The summed E-state index contributed by atoms with van der Waals surface area (Å²) in [5, 5.41) is 0. The van der Waals surface area contributed by atoms with Gasteiger partial charge in [-0.15, -0.1) is 0 Å². The Morgan fingerprint density at radius 3 is 2.30 bits per heavy atom. The minimum atomic E-state index is -3.49. The molecule has 2 rings (SSSR count). The number of sulfonamides is 1. The maximum absolute atomic E-state index is 12.2. The van der Waals surface area contributed by atoms with Crippen molar-refractivity contribution < 1.29 is 8.42 Å². The Balaban J connectivity index is 2.09. The van der Waals surface area contributed by atoms with Gasteiger partial charge in [0.15, 0.2) is 0 Å². The average molecular weight is 354 g/mol. The number of benzene rings is 2. The van der Waals surface area contributed by atoms with E-state index in [-0.39, 0.29) is 10.8 Å². The molecule has 0 spiro atoms. The molecule has 0 saturated heterocycles. The maximum Gasteiger partial charge on any atom is 0.241 e. The summed E-state index contributed by atoms with van der Waals surface area (Å²) < 4.78 is 27.7. The van der Waals surface area contributed by atoms with Crippen molar-refractivity contribution in [2.24, 2.45) is 0 Å². The molecule has 2 aromatic carbocycles. The van der Waals surface area contributed by atoms with Crippen molar-refractivity contribution in [1.82, 2.24) is 4.72 Å². The van der Waals surface area contributed by atoms with Crippen molar-refractivity contribution in [1.29, 1.82) is 0 Å². The minimum absolute atomic E-state index is 0.119. The van der Waals surface area contributed by atoms with E-state index in [9.17, 15) is 8.42 Å². The summed E-state index contributed by atoms with van der Waals surface area (Å²) in [5.74, 6) is 0.119. The summed E-state index contributed by atoms with van der Waals surface area (Å²) in [6.07, 6.45) is 0. The van der Waals surface area contributed by atoms with Gasteiger partial charge in [0, 0.05) is 11.0 Å². The monoisotopic (exact) mass is 353 g/mol. The van der Waals surface area contributed by atoms with E-state index < -0.39 is 10.0 Å². The van der Waals surface area contributed by atoms with Gasteiger partial charge in [-0.25, -0.2) is 13.1 Å². The topological polar surface area (TPSA) is 46.2 Å². The van der Waals surface area contributed by atoms with Crippen molar-refractivity contribution in [2.75, 3.05) is 6.54 Å². The van der Waals surface area contributed by atoms with E-state index in [4.69, 9.17) is 0 Å². The number of halogens is 1. The van der Waals surface area contributed by atoms with Gasteiger partial charge in [0.1, 0.15) is 0 Å². The molecule has 106 valence electrons. The first-order chi connectivity index (χ1) is 9.50. The molecule has 0 bridgehead atoms. The van der Waals surface area contributed by atoms with Crippen molar-refractivity contribution in [3.63, 3.8) is 0 Å². The quantitative estimate of drug-likeness (QED) is 0.893. The highest BCUT2D eigenvalue weighted by molar-refractivity contribution is 9.10. The Bertz CT molecular complexity index is 671. The molecule has 0 aromatic heterocycles. The highest BCUT2D eigenvalue weighted by Gasteiger charge is 2.18. The van der Waals surface area contributed by atoms with Crippen LogP contribution in [-0.4, -0.2) is 15.0 Å². The molecule has 2 aromatic rings. The summed E-state index contributed by atoms with van der Waals surface area (Å²) in [7, 11) is -3.49. The second-order valence-electron chi connectivity index (χ2n) is 4.59. The summed E-state index contributed by atoms with van der Waals surface area (Å²) in [5.41, 5.74) is 1.11. The standard InChI is InChI=1S/C15H16BrNO2S/c1-12(13-7-3-2-4-8-13)11-17-20(18,19)15-10-6-5-9-14(15)16/h2-10,12,17H,11H2,1H3/t12-/m0/s1. The number of hydrogen-bond acceptors (Lipinski definition) is 2.